The van der Waals surface area contributed by atoms with Crippen LogP contribution in [0.4, 0.5) is 0 Å². The second kappa shape index (κ2) is 67.0. The Labute approximate surface area is 541 Å². The molecule has 0 heterocycles. The van der Waals surface area contributed by atoms with Crippen molar-refractivity contribution in [1.82, 2.24) is 0 Å². The van der Waals surface area contributed by atoms with Gasteiger partial charge < -0.3 is 18.9 Å². The first-order valence-electron chi connectivity index (χ1n) is 35.2. The van der Waals surface area contributed by atoms with Crippen LogP contribution in [0.25, 0.3) is 0 Å². The van der Waals surface area contributed by atoms with Gasteiger partial charge in [0.25, 0.3) is 0 Å². The Balaban J connectivity index is 4.06. The van der Waals surface area contributed by atoms with E-state index in [0.717, 1.165) is 122 Å². The normalized spacial score (nSPS) is 14.1. The summed E-state index contributed by atoms with van der Waals surface area (Å²) in [6.07, 6.45) is 101. The van der Waals surface area contributed by atoms with Crippen LogP contribution in [0.5, 0.6) is 0 Å². The molecule has 0 radical (unpaired) electrons. The fourth-order valence-electron chi connectivity index (χ4n) is 9.24. The van der Waals surface area contributed by atoms with Crippen LogP contribution in [0.1, 0.15) is 271 Å². The summed E-state index contributed by atoms with van der Waals surface area (Å²) >= 11 is 0. The number of carbonyl (C=O) groups excluding carboxylic acids is 2. The van der Waals surface area contributed by atoms with Gasteiger partial charge in [0.15, 0.2) is 6.10 Å². The van der Waals surface area contributed by atoms with Gasteiger partial charge in [-0.15, -0.1) is 0 Å². The largest absolute Gasteiger partial charge is 0.472 e. The van der Waals surface area contributed by atoms with Gasteiger partial charge in [-0.2, -0.15) is 0 Å². The molecule has 2 atom stereocenters. The highest BCUT2D eigenvalue weighted by atomic mass is 31.2. The van der Waals surface area contributed by atoms with E-state index < -0.39 is 26.5 Å². The summed E-state index contributed by atoms with van der Waals surface area (Å²) in [6.45, 7) is 4.16. The number of esters is 2. The zero-order chi connectivity index (χ0) is 64.1. The fraction of sp³-hybridized carbons (Fsp3) is 0.641. The number of hydrogen-bond donors (Lipinski definition) is 1. The molecule has 0 saturated carbocycles. The Kier molecular flexibility index (Phi) is 63.7. The molecule has 2 unspecified atom stereocenters. The number of phosphoric ester groups is 1. The molecule has 0 bridgehead atoms. The number of rotatable bonds is 63. The van der Waals surface area contributed by atoms with Gasteiger partial charge in [0.05, 0.1) is 27.7 Å². The van der Waals surface area contributed by atoms with Crippen molar-refractivity contribution in [2.75, 3.05) is 47.5 Å². The predicted octanol–water partition coefficient (Wildman–Crippen LogP) is 23.2. The summed E-state index contributed by atoms with van der Waals surface area (Å²) in [6, 6.07) is 0. The molecule has 0 aromatic rings. The SMILES string of the molecule is CC/C=C\C/C=C\C/C=C\C/C=C\C/C=C\C/C=C\C/C=C\CCCCCC(=O)OC(COC(=O)CCCCCCCCCCCCCCCCCCCCCC/C=C\C/C=C\C/C=C\C/C=C\C/C=C\C/C=C\CC)COP(=O)(O)OCC[N+](C)(C)C. The number of unbranched alkanes of at least 4 members (excludes halogenated alkanes) is 23. The first-order valence-corrected chi connectivity index (χ1v) is 36.7. The number of likely N-dealkylation sites (N-methyl/N-ethyl adjacent to an activating group) is 1. The van der Waals surface area contributed by atoms with Crippen molar-refractivity contribution in [3.63, 3.8) is 0 Å². The van der Waals surface area contributed by atoms with Crippen LogP contribution < -0.4 is 0 Å². The molecule has 0 aromatic carbocycles. The summed E-state index contributed by atoms with van der Waals surface area (Å²) in [5.74, 6) is -0.838. The molecule has 88 heavy (non-hydrogen) atoms. The van der Waals surface area contributed by atoms with Gasteiger partial charge in [0.2, 0.25) is 0 Å². The molecule has 9 nitrogen and oxygen atoms in total. The number of hydrogen-bond acceptors (Lipinski definition) is 7. The summed E-state index contributed by atoms with van der Waals surface area (Å²) in [7, 11) is 1.44. The van der Waals surface area contributed by atoms with Gasteiger partial charge in [-0.1, -0.05) is 294 Å². The number of nitrogens with zero attached hydrogens (tertiary/aromatic N) is 1. The molecule has 0 amide bonds. The summed E-state index contributed by atoms with van der Waals surface area (Å²) in [5, 5.41) is 0. The predicted molar refractivity (Wildman–Crippen MR) is 380 cm³/mol. The van der Waals surface area contributed by atoms with Gasteiger partial charge in [-0.25, -0.2) is 4.57 Å². The number of quaternary nitrogens is 1. The van der Waals surface area contributed by atoms with Gasteiger partial charge in [-0.05, 0) is 122 Å². The Bertz CT molecular complexity index is 2040. The van der Waals surface area contributed by atoms with E-state index in [-0.39, 0.29) is 32.0 Å². The molecular weight excluding hydrogens is 1110 g/mol. The molecule has 0 spiro atoms. The highest BCUT2D eigenvalue weighted by molar-refractivity contribution is 7.47. The van der Waals surface area contributed by atoms with Crippen LogP contribution in [-0.2, 0) is 32.7 Å². The molecule has 1 N–H and O–H groups in total. The third-order valence-corrected chi connectivity index (χ3v) is 15.5. The van der Waals surface area contributed by atoms with Crippen LogP contribution in [0.2, 0.25) is 0 Å². The first-order chi connectivity index (χ1) is 43.0. The van der Waals surface area contributed by atoms with E-state index in [2.05, 4.69) is 172 Å². The minimum absolute atomic E-state index is 0.0181. The Morgan fingerprint density at radius 3 is 0.920 bits per heavy atom. The maximum atomic E-state index is 12.9. The lowest BCUT2D eigenvalue weighted by Gasteiger charge is -2.24. The maximum Gasteiger partial charge on any atom is 0.472 e. The molecule has 500 valence electrons. The van der Waals surface area contributed by atoms with Gasteiger partial charge in [-0.3, -0.25) is 18.6 Å². The van der Waals surface area contributed by atoms with Crippen molar-refractivity contribution >= 4 is 19.8 Å². The monoisotopic (exact) mass is 1240 g/mol. The standard InChI is InChI=1S/C78H130NO8P/c1-6-8-10-12-14-16-18-20-22-24-26-28-30-32-33-34-35-36-37-38-39-40-41-42-43-44-45-47-48-50-52-54-56-58-60-62-64-66-68-70-77(80)84-74-76(75-86-88(82,83)85-73-72-79(3,4)5)87-78(81)71-69-67-65-63-61-59-57-55-53-51-49-46-31-29-27-25-23-21-19-17-15-13-11-9-7-2/h8-11,14-17,20-23,26-29,32-33,35-36,46,49,53,55,59,61,76H,6-7,12-13,18-19,24-25,30-31,34,37-45,47-48,50-52,54,56-58,60,62-75H2,1-5H3/p+1/b10-8-,11-9-,16-14-,17-15-,22-20-,23-21-,28-26-,29-27-,33-32-,36-35-,49-46-,55-53-,61-59-. The van der Waals surface area contributed by atoms with Gasteiger partial charge in [0, 0.05) is 12.8 Å². The third-order valence-electron chi connectivity index (χ3n) is 14.6. The number of carbonyl (C=O) groups is 2. The highest BCUT2D eigenvalue weighted by Gasteiger charge is 2.27. The van der Waals surface area contributed by atoms with E-state index >= 15 is 0 Å². The van der Waals surface area contributed by atoms with Crippen LogP contribution in [-0.4, -0.2) is 74.9 Å². The van der Waals surface area contributed by atoms with Gasteiger partial charge in [0.1, 0.15) is 19.8 Å². The molecule has 0 aliphatic carbocycles. The Morgan fingerprint density at radius 1 is 0.352 bits per heavy atom. The van der Waals surface area contributed by atoms with Crippen molar-refractivity contribution in [3.8, 4) is 0 Å². The minimum atomic E-state index is -4.41. The lowest BCUT2D eigenvalue weighted by Crippen LogP contribution is -2.37. The molecular formula is C78H131NO8P+. The highest BCUT2D eigenvalue weighted by Crippen LogP contribution is 2.43. The second-order valence-electron chi connectivity index (χ2n) is 24.2. The fourth-order valence-corrected chi connectivity index (χ4v) is 9.98. The van der Waals surface area contributed by atoms with Gasteiger partial charge >= 0.3 is 19.8 Å². The molecule has 10 heteroatoms. The van der Waals surface area contributed by atoms with Crippen molar-refractivity contribution in [2.24, 2.45) is 0 Å². The van der Waals surface area contributed by atoms with Crippen LogP contribution >= 0.6 is 7.82 Å². The average molecular weight is 1240 g/mol. The molecule has 0 aromatic heterocycles. The molecule has 0 rings (SSSR count). The van der Waals surface area contributed by atoms with Crippen LogP contribution in [0, 0.1) is 0 Å². The van der Waals surface area contributed by atoms with Crippen molar-refractivity contribution in [2.45, 2.75) is 277 Å². The van der Waals surface area contributed by atoms with E-state index in [1.807, 2.05) is 21.1 Å². The summed E-state index contributed by atoms with van der Waals surface area (Å²) in [4.78, 5) is 35.8. The van der Waals surface area contributed by atoms with E-state index in [1.165, 1.54) is 116 Å². The smallest absolute Gasteiger partial charge is 0.462 e. The molecule has 0 saturated heterocycles. The van der Waals surface area contributed by atoms with E-state index in [9.17, 15) is 19.0 Å². The van der Waals surface area contributed by atoms with Crippen molar-refractivity contribution in [3.05, 3.63) is 158 Å². The van der Waals surface area contributed by atoms with Crippen LogP contribution in [0.3, 0.4) is 0 Å². The molecule has 0 fully saturated rings. The van der Waals surface area contributed by atoms with E-state index in [0.29, 0.717) is 17.4 Å². The quantitative estimate of drug-likeness (QED) is 0.0211. The zero-order valence-electron chi connectivity index (χ0n) is 56.9. The minimum Gasteiger partial charge on any atom is -0.462 e. The van der Waals surface area contributed by atoms with Crippen molar-refractivity contribution in [1.29, 1.82) is 0 Å². The van der Waals surface area contributed by atoms with Crippen LogP contribution in [0.15, 0.2) is 158 Å². The summed E-state index contributed by atoms with van der Waals surface area (Å²) in [5.41, 5.74) is 0. The molecule has 0 aliphatic heterocycles. The first kappa shape index (κ1) is 83.6. The average Bonchev–Trinajstić information content (AvgIpc) is 3.57. The second-order valence-corrected chi connectivity index (χ2v) is 25.6. The number of phosphoric acid groups is 1. The van der Waals surface area contributed by atoms with E-state index in [1.54, 1.807) is 0 Å². The zero-order valence-corrected chi connectivity index (χ0v) is 57.8. The lowest BCUT2D eigenvalue weighted by atomic mass is 10.0. The lowest BCUT2D eigenvalue weighted by molar-refractivity contribution is -0.870. The number of allylic oxidation sites excluding steroid dienone is 26. The molecule has 0 aliphatic rings. The van der Waals surface area contributed by atoms with Crippen molar-refractivity contribution < 1.29 is 42.1 Å². The van der Waals surface area contributed by atoms with E-state index in [4.69, 9.17) is 18.5 Å². The maximum absolute atomic E-state index is 12.9. The Morgan fingerprint density at radius 2 is 0.614 bits per heavy atom. The third kappa shape index (κ3) is 70.7. The number of ether oxygens (including phenoxy) is 2. The summed E-state index contributed by atoms with van der Waals surface area (Å²) < 4.78 is 34.7. The topological polar surface area (TPSA) is 108 Å². The Hall–Kier alpha value is -4.37.